The van der Waals surface area contributed by atoms with Gasteiger partial charge in [-0.05, 0) is 38.6 Å². The summed E-state index contributed by atoms with van der Waals surface area (Å²) in [4.78, 5) is 25.3. The molecule has 0 aliphatic carbocycles. The second-order valence-electron chi connectivity index (χ2n) is 6.11. The minimum Gasteiger partial charge on any atom is -0.480 e. The Labute approximate surface area is 125 Å². The zero-order chi connectivity index (χ0) is 15.3. The molecule has 2 saturated heterocycles. The molecule has 2 fully saturated rings. The fourth-order valence-electron chi connectivity index (χ4n) is 3.35. The number of carbonyl (C=O) groups excluding carboxylic acids is 1. The van der Waals surface area contributed by atoms with E-state index >= 15 is 0 Å². The van der Waals surface area contributed by atoms with E-state index in [1.807, 2.05) is 4.90 Å². The normalized spacial score (nSPS) is 27.6. The van der Waals surface area contributed by atoms with E-state index in [1.165, 1.54) is 0 Å². The third-order valence-corrected chi connectivity index (χ3v) is 4.77. The number of rotatable bonds is 5. The van der Waals surface area contributed by atoms with Crippen LogP contribution in [0.1, 0.15) is 39.0 Å². The number of aliphatic carboxylic acids is 1. The Bertz CT molecular complexity index is 372. The van der Waals surface area contributed by atoms with Crippen LogP contribution in [0.2, 0.25) is 0 Å². The van der Waals surface area contributed by atoms with Crippen LogP contribution >= 0.6 is 0 Å². The maximum atomic E-state index is 12.8. The molecule has 21 heavy (non-hydrogen) atoms. The monoisotopic (exact) mass is 298 g/mol. The predicted molar refractivity (Wildman–Crippen MR) is 78.0 cm³/mol. The lowest BCUT2D eigenvalue weighted by Gasteiger charge is -2.41. The fourth-order valence-corrected chi connectivity index (χ4v) is 3.35. The summed E-state index contributed by atoms with van der Waals surface area (Å²) in [5, 5.41) is 12.0. The average Bonchev–Trinajstić information content (AvgIpc) is 2.53. The van der Waals surface area contributed by atoms with Gasteiger partial charge in [-0.3, -0.25) is 4.79 Å². The molecule has 0 bridgehead atoms. The third kappa shape index (κ3) is 3.95. The standard InChI is InChI=1S/C15H26N2O4/c1-2-15(6-3-7-16-11-15)14(20)17-8-4-12(5-9-17)21-10-13(18)19/h12,16H,2-11H2,1H3,(H,18,19). The van der Waals surface area contributed by atoms with Crippen LogP contribution in [0.25, 0.3) is 0 Å². The lowest BCUT2D eigenvalue weighted by Crippen LogP contribution is -2.53. The quantitative estimate of drug-likeness (QED) is 0.787. The highest BCUT2D eigenvalue weighted by atomic mass is 16.5. The molecule has 6 heteroatoms. The van der Waals surface area contributed by atoms with Crippen molar-refractivity contribution in [2.45, 2.75) is 45.1 Å². The molecule has 1 atom stereocenters. The second-order valence-corrected chi connectivity index (χ2v) is 6.11. The van der Waals surface area contributed by atoms with Crippen LogP contribution in [0.15, 0.2) is 0 Å². The van der Waals surface area contributed by atoms with Crippen molar-refractivity contribution in [2.75, 3.05) is 32.8 Å². The van der Waals surface area contributed by atoms with Crippen molar-refractivity contribution in [2.24, 2.45) is 5.41 Å². The predicted octanol–water partition coefficient (Wildman–Crippen LogP) is 0.858. The summed E-state index contributed by atoms with van der Waals surface area (Å²) in [7, 11) is 0. The smallest absolute Gasteiger partial charge is 0.329 e. The highest BCUT2D eigenvalue weighted by Gasteiger charge is 2.41. The van der Waals surface area contributed by atoms with E-state index in [9.17, 15) is 9.59 Å². The first-order chi connectivity index (χ1) is 10.1. The SMILES string of the molecule is CCC1(C(=O)N2CCC(OCC(=O)O)CC2)CCCNC1. The Kier molecular flexibility index (Phi) is 5.58. The van der Waals surface area contributed by atoms with Gasteiger partial charge in [0.25, 0.3) is 0 Å². The summed E-state index contributed by atoms with van der Waals surface area (Å²) in [6.45, 7) is 4.96. The minimum atomic E-state index is -0.938. The van der Waals surface area contributed by atoms with Crippen LogP contribution in [0.4, 0.5) is 0 Å². The molecule has 2 N–H and O–H groups in total. The van der Waals surface area contributed by atoms with E-state index < -0.39 is 5.97 Å². The molecule has 0 saturated carbocycles. The molecule has 0 aromatic rings. The maximum absolute atomic E-state index is 12.8. The molecular formula is C15H26N2O4. The first kappa shape index (κ1) is 16.2. The van der Waals surface area contributed by atoms with Crippen molar-refractivity contribution in [3.05, 3.63) is 0 Å². The van der Waals surface area contributed by atoms with Gasteiger partial charge in [0.15, 0.2) is 0 Å². The Hall–Kier alpha value is -1.14. The minimum absolute atomic E-state index is 0.0350. The number of carboxylic acid groups (broad SMARTS) is 1. The molecule has 1 amide bonds. The Morgan fingerprint density at radius 1 is 1.38 bits per heavy atom. The molecule has 6 nitrogen and oxygen atoms in total. The molecule has 1 unspecified atom stereocenters. The number of nitrogens with one attached hydrogen (secondary N) is 1. The van der Waals surface area contributed by atoms with Crippen molar-refractivity contribution >= 4 is 11.9 Å². The molecule has 2 aliphatic heterocycles. The van der Waals surface area contributed by atoms with Gasteiger partial charge in [-0.2, -0.15) is 0 Å². The number of piperidine rings is 2. The highest BCUT2D eigenvalue weighted by Crippen LogP contribution is 2.33. The van der Waals surface area contributed by atoms with Crippen molar-refractivity contribution in [1.29, 1.82) is 0 Å². The van der Waals surface area contributed by atoms with Gasteiger partial charge in [0.05, 0.1) is 11.5 Å². The number of hydrogen-bond donors (Lipinski definition) is 2. The van der Waals surface area contributed by atoms with Crippen molar-refractivity contribution < 1.29 is 19.4 Å². The summed E-state index contributed by atoms with van der Waals surface area (Å²) < 4.78 is 5.32. The molecule has 0 spiro atoms. The van der Waals surface area contributed by atoms with E-state index in [0.29, 0.717) is 13.1 Å². The van der Waals surface area contributed by atoms with Gasteiger partial charge in [0.1, 0.15) is 6.61 Å². The summed E-state index contributed by atoms with van der Waals surface area (Å²) in [6, 6.07) is 0. The zero-order valence-corrected chi connectivity index (χ0v) is 12.8. The van der Waals surface area contributed by atoms with Crippen molar-refractivity contribution in [3.8, 4) is 0 Å². The van der Waals surface area contributed by atoms with E-state index in [2.05, 4.69) is 12.2 Å². The topological polar surface area (TPSA) is 78.9 Å². The fraction of sp³-hybridized carbons (Fsp3) is 0.867. The number of amides is 1. The zero-order valence-electron chi connectivity index (χ0n) is 12.8. The van der Waals surface area contributed by atoms with Crippen LogP contribution in [0.3, 0.4) is 0 Å². The molecular weight excluding hydrogens is 272 g/mol. The van der Waals surface area contributed by atoms with Gasteiger partial charge in [-0.15, -0.1) is 0 Å². The molecule has 0 aromatic heterocycles. The second kappa shape index (κ2) is 7.22. The largest absolute Gasteiger partial charge is 0.480 e. The van der Waals surface area contributed by atoms with Crippen LogP contribution in [-0.4, -0.2) is 60.8 Å². The van der Waals surface area contributed by atoms with Crippen LogP contribution < -0.4 is 5.32 Å². The van der Waals surface area contributed by atoms with Gasteiger partial charge in [-0.25, -0.2) is 4.79 Å². The van der Waals surface area contributed by atoms with E-state index in [1.54, 1.807) is 0 Å². The Balaban J connectivity index is 1.86. The van der Waals surface area contributed by atoms with E-state index in [-0.39, 0.29) is 24.0 Å². The number of carbonyl (C=O) groups is 2. The van der Waals surface area contributed by atoms with Crippen LogP contribution in [0, 0.1) is 5.41 Å². The van der Waals surface area contributed by atoms with E-state index in [0.717, 1.165) is 45.2 Å². The summed E-state index contributed by atoms with van der Waals surface area (Å²) in [5.74, 6) is -0.680. The summed E-state index contributed by atoms with van der Waals surface area (Å²) >= 11 is 0. The van der Waals surface area contributed by atoms with Gasteiger partial charge >= 0.3 is 5.97 Å². The Morgan fingerprint density at radius 3 is 2.62 bits per heavy atom. The molecule has 2 heterocycles. The number of nitrogens with zero attached hydrogens (tertiary/aromatic N) is 1. The maximum Gasteiger partial charge on any atom is 0.329 e. The third-order valence-electron chi connectivity index (χ3n) is 4.77. The molecule has 2 rings (SSSR count). The Morgan fingerprint density at radius 2 is 2.10 bits per heavy atom. The summed E-state index contributed by atoms with van der Waals surface area (Å²) in [5.41, 5.74) is -0.243. The molecule has 0 radical (unpaired) electrons. The highest BCUT2D eigenvalue weighted by molar-refractivity contribution is 5.83. The van der Waals surface area contributed by atoms with Crippen LogP contribution in [0.5, 0.6) is 0 Å². The van der Waals surface area contributed by atoms with Crippen molar-refractivity contribution in [3.63, 3.8) is 0 Å². The first-order valence-electron chi connectivity index (χ1n) is 7.91. The van der Waals surface area contributed by atoms with Gasteiger partial charge in [-0.1, -0.05) is 6.92 Å². The summed E-state index contributed by atoms with van der Waals surface area (Å²) in [6.07, 6.45) is 4.31. The number of likely N-dealkylation sites (tertiary alicyclic amines) is 1. The van der Waals surface area contributed by atoms with Gasteiger partial charge in [0.2, 0.25) is 5.91 Å². The van der Waals surface area contributed by atoms with Gasteiger partial charge in [0, 0.05) is 19.6 Å². The molecule has 0 aromatic carbocycles. The number of ether oxygens (including phenoxy) is 1. The molecule has 2 aliphatic rings. The van der Waals surface area contributed by atoms with Crippen LogP contribution in [-0.2, 0) is 14.3 Å². The number of carboxylic acids is 1. The van der Waals surface area contributed by atoms with E-state index in [4.69, 9.17) is 9.84 Å². The first-order valence-corrected chi connectivity index (χ1v) is 7.91. The average molecular weight is 298 g/mol. The molecule has 120 valence electrons. The van der Waals surface area contributed by atoms with Gasteiger partial charge < -0.3 is 20.1 Å². The van der Waals surface area contributed by atoms with Crippen molar-refractivity contribution in [1.82, 2.24) is 10.2 Å². The lowest BCUT2D eigenvalue weighted by atomic mass is 9.76. The lowest BCUT2D eigenvalue weighted by molar-refractivity contribution is -0.150. The number of hydrogen-bond acceptors (Lipinski definition) is 4.